The normalized spacial score (nSPS) is 15.5. The first kappa shape index (κ1) is 18.5. The number of nitrogens with zero attached hydrogens (tertiary/aromatic N) is 4. The first-order valence-electron chi connectivity index (χ1n) is 8.66. The van der Waals surface area contributed by atoms with Crippen molar-refractivity contribution in [2.45, 2.75) is 31.6 Å². The molecule has 0 atom stereocenters. The van der Waals surface area contributed by atoms with Gasteiger partial charge in [0.2, 0.25) is 10.0 Å². The molecule has 0 saturated carbocycles. The Balaban J connectivity index is 1.74. The summed E-state index contributed by atoms with van der Waals surface area (Å²) in [5.74, 6) is 0.610. The Morgan fingerprint density at radius 3 is 2.58 bits per heavy atom. The zero-order valence-corrected chi connectivity index (χ0v) is 15.7. The highest BCUT2D eigenvalue weighted by Crippen LogP contribution is 2.20. The summed E-state index contributed by atoms with van der Waals surface area (Å²) < 4.78 is 28.1. The third-order valence-corrected chi connectivity index (χ3v) is 6.06. The van der Waals surface area contributed by atoms with Crippen molar-refractivity contribution in [2.75, 3.05) is 19.6 Å². The van der Waals surface area contributed by atoms with Crippen LogP contribution in [0.4, 0.5) is 0 Å². The van der Waals surface area contributed by atoms with E-state index < -0.39 is 10.0 Å². The van der Waals surface area contributed by atoms with Crippen LogP contribution in [0.3, 0.4) is 0 Å². The van der Waals surface area contributed by atoms with Crippen molar-refractivity contribution in [3.05, 3.63) is 36.5 Å². The van der Waals surface area contributed by atoms with Crippen molar-refractivity contribution in [2.24, 2.45) is 5.92 Å². The van der Waals surface area contributed by atoms with Gasteiger partial charge in [0.25, 0.3) is 5.91 Å². The van der Waals surface area contributed by atoms with Gasteiger partial charge in [-0.1, -0.05) is 13.8 Å². The second-order valence-corrected chi connectivity index (χ2v) is 8.67. The summed E-state index contributed by atoms with van der Waals surface area (Å²) in [4.78, 5) is 20.5. The number of hydrogen-bond donors (Lipinski definition) is 1. The Morgan fingerprint density at radius 2 is 1.96 bits per heavy atom. The molecule has 1 aliphatic heterocycles. The molecule has 1 N–H and O–H groups in total. The number of rotatable bonds is 6. The van der Waals surface area contributed by atoms with Gasteiger partial charge in [-0.05, 0) is 30.9 Å². The van der Waals surface area contributed by atoms with E-state index in [-0.39, 0.29) is 10.8 Å². The van der Waals surface area contributed by atoms with E-state index in [1.165, 1.54) is 22.9 Å². The molecule has 1 saturated heterocycles. The molecule has 0 bridgehead atoms. The highest BCUT2D eigenvalue weighted by Gasteiger charge is 2.27. The molecule has 0 aliphatic carbocycles. The molecule has 0 aromatic carbocycles. The van der Waals surface area contributed by atoms with E-state index in [4.69, 9.17) is 0 Å². The third-order valence-electron chi connectivity index (χ3n) is 4.17. The summed E-state index contributed by atoms with van der Waals surface area (Å²) in [6, 6.07) is 3.15. The highest BCUT2D eigenvalue weighted by molar-refractivity contribution is 7.89. The molecule has 1 aliphatic rings. The van der Waals surface area contributed by atoms with Crippen LogP contribution in [0.5, 0.6) is 0 Å². The molecular formula is C17H23N5O3S. The lowest BCUT2D eigenvalue weighted by Crippen LogP contribution is -2.28. The predicted molar refractivity (Wildman–Crippen MR) is 96.5 cm³/mol. The van der Waals surface area contributed by atoms with Crippen LogP contribution in [0.2, 0.25) is 0 Å². The number of hydrogen-bond acceptors (Lipinski definition) is 5. The van der Waals surface area contributed by atoms with Crippen LogP contribution in [0, 0.1) is 5.92 Å². The molecule has 9 heteroatoms. The largest absolute Gasteiger partial charge is 0.350 e. The van der Waals surface area contributed by atoms with Gasteiger partial charge in [-0.25, -0.2) is 18.4 Å². The second kappa shape index (κ2) is 7.55. The minimum absolute atomic E-state index is 0.179. The number of aromatic nitrogens is 3. The maximum atomic E-state index is 12.5. The average Bonchev–Trinajstić information content (AvgIpc) is 3.31. The smallest absolute Gasteiger partial charge is 0.271 e. The summed E-state index contributed by atoms with van der Waals surface area (Å²) in [5.41, 5.74) is 0.293. The molecule has 1 amide bonds. The van der Waals surface area contributed by atoms with Gasteiger partial charge >= 0.3 is 0 Å². The van der Waals surface area contributed by atoms with Gasteiger partial charge in [0.05, 0.1) is 0 Å². The minimum atomic E-state index is -3.48. The van der Waals surface area contributed by atoms with E-state index in [2.05, 4.69) is 15.3 Å². The predicted octanol–water partition coefficient (Wildman–Crippen LogP) is 1.44. The quantitative estimate of drug-likeness (QED) is 0.821. The number of sulfonamides is 1. The highest BCUT2D eigenvalue weighted by atomic mass is 32.2. The summed E-state index contributed by atoms with van der Waals surface area (Å²) in [6.07, 6.45) is 6.19. The van der Waals surface area contributed by atoms with Gasteiger partial charge in [0.15, 0.2) is 0 Å². The van der Waals surface area contributed by atoms with Gasteiger partial charge in [0, 0.05) is 32.0 Å². The number of imidazole rings is 1. The zero-order valence-electron chi connectivity index (χ0n) is 14.9. The van der Waals surface area contributed by atoms with E-state index in [0.29, 0.717) is 37.1 Å². The molecule has 3 rings (SSSR count). The molecule has 2 aromatic rings. The van der Waals surface area contributed by atoms with Crippen LogP contribution in [-0.4, -0.2) is 52.8 Å². The molecule has 0 spiro atoms. The number of amides is 1. The molecule has 2 aromatic heterocycles. The van der Waals surface area contributed by atoms with Gasteiger partial charge in [0.1, 0.15) is 22.7 Å². The molecular weight excluding hydrogens is 354 g/mol. The first-order chi connectivity index (χ1) is 12.4. The van der Waals surface area contributed by atoms with Crippen LogP contribution in [0.25, 0.3) is 5.82 Å². The summed E-state index contributed by atoms with van der Waals surface area (Å²) in [7, 11) is -3.48. The monoisotopic (exact) mass is 377 g/mol. The standard InChI is InChI=1S/C17H23N5O3S/c1-13(2)9-19-17(23)15-11-21(12-20-15)16-6-5-14(10-18-16)26(24,25)22-7-3-4-8-22/h5-6,10-13H,3-4,7-9H2,1-2H3,(H,19,23). The third kappa shape index (κ3) is 3.94. The van der Waals surface area contributed by atoms with Crippen molar-refractivity contribution < 1.29 is 13.2 Å². The Bertz CT molecular complexity index is 868. The van der Waals surface area contributed by atoms with Crippen LogP contribution >= 0.6 is 0 Å². The number of carbonyl (C=O) groups excluding carboxylic acids is 1. The fourth-order valence-corrected chi connectivity index (χ4v) is 4.17. The van der Waals surface area contributed by atoms with E-state index in [9.17, 15) is 13.2 Å². The van der Waals surface area contributed by atoms with Gasteiger partial charge in [-0.2, -0.15) is 4.31 Å². The fourth-order valence-electron chi connectivity index (χ4n) is 2.71. The Hall–Kier alpha value is -2.26. The average molecular weight is 377 g/mol. The van der Waals surface area contributed by atoms with Crippen molar-refractivity contribution >= 4 is 15.9 Å². The van der Waals surface area contributed by atoms with Crippen LogP contribution in [0.1, 0.15) is 37.2 Å². The fraction of sp³-hybridized carbons (Fsp3) is 0.471. The molecule has 140 valence electrons. The van der Waals surface area contributed by atoms with E-state index in [1.54, 1.807) is 16.8 Å². The number of nitrogens with one attached hydrogen (secondary N) is 1. The minimum Gasteiger partial charge on any atom is -0.350 e. The van der Waals surface area contributed by atoms with Crippen molar-refractivity contribution in [3.8, 4) is 5.82 Å². The molecule has 0 radical (unpaired) electrons. The summed E-state index contributed by atoms with van der Waals surface area (Å²) >= 11 is 0. The van der Waals surface area contributed by atoms with Crippen LogP contribution in [-0.2, 0) is 10.0 Å². The Kier molecular flexibility index (Phi) is 5.38. The van der Waals surface area contributed by atoms with E-state index in [1.807, 2.05) is 13.8 Å². The van der Waals surface area contributed by atoms with Crippen LogP contribution in [0.15, 0.2) is 35.7 Å². The van der Waals surface area contributed by atoms with Gasteiger partial charge < -0.3 is 5.32 Å². The lowest BCUT2D eigenvalue weighted by atomic mass is 10.2. The van der Waals surface area contributed by atoms with Crippen molar-refractivity contribution in [1.29, 1.82) is 0 Å². The van der Waals surface area contributed by atoms with Gasteiger partial charge in [-0.15, -0.1) is 0 Å². The molecule has 1 fully saturated rings. The van der Waals surface area contributed by atoms with E-state index in [0.717, 1.165) is 12.8 Å². The number of carbonyl (C=O) groups is 1. The molecule has 0 unspecified atom stereocenters. The van der Waals surface area contributed by atoms with Crippen molar-refractivity contribution in [1.82, 2.24) is 24.2 Å². The SMILES string of the molecule is CC(C)CNC(=O)c1cn(-c2ccc(S(=O)(=O)N3CCCC3)cn2)cn1. The maximum Gasteiger partial charge on any atom is 0.271 e. The Morgan fingerprint density at radius 1 is 1.23 bits per heavy atom. The lowest BCUT2D eigenvalue weighted by Gasteiger charge is -2.15. The topological polar surface area (TPSA) is 97.2 Å². The summed E-state index contributed by atoms with van der Waals surface area (Å²) in [6.45, 7) is 5.72. The molecule has 26 heavy (non-hydrogen) atoms. The lowest BCUT2D eigenvalue weighted by molar-refractivity contribution is 0.0944. The maximum absolute atomic E-state index is 12.5. The summed E-state index contributed by atoms with van der Waals surface area (Å²) in [5, 5.41) is 2.80. The second-order valence-electron chi connectivity index (χ2n) is 6.73. The van der Waals surface area contributed by atoms with Crippen molar-refractivity contribution in [3.63, 3.8) is 0 Å². The van der Waals surface area contributed by atoms with Gasteiger partial charge in [-0.3, -0.25) is 9.36 Å². The van der Waals surface area contributed by atoms with Crippen LogP contribution < -0.4 is 5.32 Å². The zero-order chi connectivity index (χ0) is 18.7. The van der Waals surface area contributed by atoms with E-state index >= 15 is 0 Å². The molecule has 3 heterocycles. The number of pyridine rings is 1. The first-order valence-corrected chi connectivity index (χ1v) is 10.1. The molecule has 8 nitrogen and oxygen atoms in total. The Labute approximate surface area is 153 Å².